The predicted molar refractivity (Wildman–Crippen MR) is 73.4 cm³/mol. The lowest BCUT2D eigenvalue weighted by molar-refractivity contribution is 0.0466. The quantitative estimate of drug-likeness (QED) is 0.602. The molecule has 0 amide bonds. The van der Waals surface area contributed by atoms with E-state index in [1.165, 1.54) is 25.7 Å². The van der Waals surface area contributed by atoms with E-state index in [1.807, 2.05) is 6.92 Å². The second-order valence-electron chi connectivity index (χ2n) is 4.24. The van der Waals surface area contributed by atoms with Crippen molar-refractivity contribution in [3.8, 4) is 0 Å². The van der Waals surface area contributed by atoms with Crippen molar-refractivity contribution >= 4 is 0 Å². The molecule has 106 valence electrons. The summed E-state index contributed by atoms with van der Waals surface area (Å²) in [7, 11) is 0. The van der Waals surface area contributed by atoms with Crippen molar-refractivity contribution in [2.45, 2.75) is 65.9 Å². The molecule has 0 rings (SSSR count). The highest BCUT2D eigenvalue weighted by molar-refractivity contribution is 4.39. The molecule has 0 aliphatic heterocycles. The molecule has 0 aliphatic rings. The van der Waals surface area contributed by atoms with Gasteiger partial charge in [0.1, 0.15) is 0 Å². The van der Waals surface area contributed by atoms with Gasteiger partial charge in [-0.15, -0.1) is 0 Å². The topological polar surface area (TPSA) is 38.7 Å². The van der Waals surface area contributed by atoms with E-state index in [0.717, 1.165) is 26.2 Å². The summed E-state index contributed by atoms with van der Waals surface area (Å²) in [6.45, 7) is 11.3. The van der Waals surface area contributed by atoms with Gasteiger partial charge in [-0.25, -0.2) is 0 Å². The molecule has 1 unspecified atom stereocenters. The number of aliphatic hydroxyl groups is 1. The van der Waals surface area contributed by atoms with E-state index in [9.17, 15) is 0 Å². The van der Waals surface area contributed by atoms with Crippen LogP contribution >= 0.6 is 0 Å². The molecule has 1 atom stereocenters. The number of ether oxygens (including phenoxy) is 2. The summed E-state index contributed by atoms with van der Waals surface area (Å²) in [6.07, 6.45) is 5.61. The number of hydrogen-bond donors (Lipinski definition) is 1. The molecule has 0 radical (unpaired) electrons. The Balaban J connectivity index is 0. The van der Waals surface area contributed by atoms with Crippen LogP contribution in [-0.4, -0.2) is 37.6 Å². The lowest BCUT2D eigenvalue weighted by atomic mass is 10.3. The van der Waals surface area contributed by atoms with Crippen LogP contribution in [0.25, 0.3) is 0 Å². The van der Waals surface area contributed by atoms with Crippen LogP contribution in [0.4, 0.5) is 0 Å². The van der Waals surface area contributed by atoms with Crippen molar-refractivity contribution in [1.29, 1.82) is 0 Å². The minimum absolute atomic E-state index is 0.318. The van der Waals surface area contributed by atoms with Gasteiger partial charge < -0.3 is 14.6 Å². The van der Waals surface area contributed by atoms with Crippen LogP contribution in [-0.2, 0) is 9.47 Å². The molecule has 0 saturated carbocycles. The monoisotopic (exact) mass is 248 g/mol. The van der Waals surface area contributed by atoms with E-state index in [4.69, 9.17) is 14.6 Å². The molecule has 0 bridgehead atoms. The molecule has 0 saturated heterocycles. The van der Waals surface area contributed by atoms with Crippen LogP contribution in [0.2, 0.25) is 0 Å². The van der Waals surface area contributed by atoms with Gasteiger partial charge in [0.05, 0.1) is 12.7 Å². The lowest BCUT2D eigenvalue weighted by Gasteiger charge is -2.02. The fourth-order valence-corrected chi connectivity index (χ4v) is 0.993. The first-order valence-corrected chi connectivity index (χ1v) is 7.02. The molecule has 0 aromatic heterocycles. The molecule has 17 heavy (non-hydrogen) atoms. The second kappa shape index (κ2) is 18.3. The van der Waals surface area contributed by atoms with Gasteiger partial charge in [0.25, 0.3) is 0 Å². The van der Waals surface area contributed by atoms with E-state index >= 15 is 0 Å². The molecule has 0 heterocycles. The van der Waals surface area contributed by atoms with Crippen molar-refractivity contribution in [3.05, 3.63) is 0 Å². The van der Waals surface area contributed by atoms with Gasteiger partial charge in [-0.05, 0) is 26.2 Å². The van der Waals surface area contributed by atoms with Gasteiger partial charge in [0.15, 0.2) is 0 Å². The van der Waals surface area contributed by atoms with E-state index < -0.39 is 0 Å². The van der Waals surface area contributed by atoms with Crippen LogP contribution in [0.3, 0.4) is 0 Å². The van der Waals surface area contributed by atoms with Crippen molar-refractivity contribution in [2.24, 2.45) is 0 Å². The highest BCUT2D eigenvalue weighted by atomic mass is 16.5. The molecule has 0 spiro atoms. The Labute approximate surface area is 108 Å². The van der Waals surface area contributed by atoms with Crippen LogP contribution < -0.4 is 0 Å². The maximum atomic E-state index is 8.65. The highest BCUT2D eigenvalue weighted by Gasteiger charge is 1.91. The Bertz CT molecular complexity index is 110. The van der Waals surface area contributed by atoms with Gasteiger partial charge in [-0.1, -0.05) is 33.6 Å². The zero-order valence-electron chi connectivity index (χ0n) is 12.2. The largest absolute Gasteiger partial charge is 0.391 e. The fourth-order valence-electron chi connectivity index (χ4n) is 0.993. The number of rotatable bonds is 10. The first-order chi connectivity index (χ1) is 8.18. The molecular formula is C14H32O3. The normalized spacial score (nSPS) is 11.8. The number of unbranched alkanes of at least 4 members (excludes halogenated alkanes) is 2. The van der Waals surface area contributed by atoms with Gasteiger partial charge in [0.2, 0.25) is 0 Å². The number of hydrogen-bond acceptors (Lipinski definition) is 3. The third-order valence-electron chi connectivity index (χ3n) is 1.99. The Morgan fingerprint density at radius 2 is 1.35 bits per heavy atom. The minimum atomic E-state index is -0.318. The van der Waals surface area contributed by atoms with E-state index in [2.05, 4.69) is 13.8 Å². The molecular weight excluding hydrogens is 216 g/mol. The van der Waals surface area contributed by atoms with Crippen LogP contribution in [0, 0.1) is 0 Å². The SMILES string of the molecule is CCCCOCCCC.CCCOCC(C)O. The Morgan fingerprint density at radius 3 is 1.71 bits per heavy atom. The van der Waals surface area contributed by atoms with Gasteiger partial charge in [-0.2, -0.15) is 0 Å². The summed E-state index contributed by atoms with van der Waals surface area (Å²) in [6, 6.07) is 0. The average Bonchev–Trinajstić information content (AvgIpc) is 2.30. The van der Waals surface area contributed by atoms with E-state index in [1.54, 1.807) is 6.92 Å². The predicted octanol–water partition coefficient (Wildman–Crippen LogP) is 3.40. The van der Waals surface area contributed by atoms with Crippen molar-refractivity contribution in [1.82, 2.24) is 0 Å². The van der Waals surface area contributed by atoms with Gasteiger partial charge >= 0.3 is 0 Å². The molecule has 0 aliphatic carbocycles. The highest BCUT2D eigenvalue weighted by Crippen LogP contribution is 1.91. The summed E-state index contributed by atoms with van der Waals surface area (Å²) in [4.78, 5) is 0. The summed E-state index contributed by atoms with van der Waals surface area (Å²) in [5, 5.41) is 8.65. The maximum absolute atomic E-state index is 8.65. The zero-order valence-corrected chi connectivity index (χ0v) is 12.2. The number of aliphatic hydroxyl groups excluding tert-OH is 1. The Hall–Kier alpha value is -0.120. The van der Waals surface area contributed by atoms with Crippen LogP contribution in [0.5, 0.6) is 0 Å². The molecule has 0 aromatic carbocycles. The minimum Gasteiger partial charge on any atom is -0.391 e. The first-order valence-electron chi connectivity index (χ1n) is 7.02. The molecule has 3 heteroatoms. The third kappa shape index (κ3) is 25.8. The first kappa shape index (κ1) is 19.2. The maximum Gasteiger partial charge on any atom is 0.0745 e. The average molecular weight is 248 g/mol. The third-order valence-corrected chi connectivity index (χ3v) is 1.99. The fraction of sp³-hybridized carbons (Fsp3) is 1.00. The second-order valence-corrected chi connectivity index (χ2v) is 4.24. The van der Waals surface area contributed by atoms with E-state index in [0.29, 0.717) is 6.61 Å². The van der Waals surface area contributed by atoms with Gasteiger partial charge in [0, 0.05) is 19.8 Å². The summed E-state index contributed by atoms with van der Waals surface area (Å²) in [5.74, 6) is 0. The standard InChI is InChI=1S/C8H18O.C6H14O2/c1-3-5-7-9-8-6-4-2;1-3-4-8-5-6(2)7/h3-8H2,1-2H3;6-7H,3-5H2,1-2H3. The molecule has 0 aromatic rings. The van der Waals surface area contributed by atoms with Crippen molar-refractivity contribution in [2.75, 3.05) is 26.4 Å². The Morgan fingerprint density at radius 1 is 0.824 bits per heavy atom. The van der Waals surface area contributed by atoms with Crippen molar-refractivity contribution < 1.29 is 14.6 Å². The summed E-state index contributed by atoms with van der Waals surface area (Å²) < 4.78 is 10.3. The summed E-state index contributed by atoms with van der Waals surface area (Å²) >= 11 is 0. The van der Waals surface area contributed by atoms with Crippen LogP contribution in [0.15, 0.2) is 0 Å². The molecule has 1 N–H and O–H groups in total. The molecule has 3 nitrogen and oxygen atoms in total. The lowest BCUT2D eigenvalue weighted by Crippen LogP contribution is -2.10. The summed E-state index contributed by atoms with van der Waals surface area (Å²) in [5.41, 5.74) is 0. The van der Waals surface area contributed by atoms with E-state index in [-0.39, 0.29) is 6.10 Å². The van der Waals surface area contributed by atoms with Crippen LogP contribution in [0.1, 0.15) is 59.8 Å². The Kier molecular flexibility index (Phi) is 20.6. The molecule has 0 fully saturated rings. The smallest absolute Gasteiger partial charge is 0.0745 e. The van der Waals surface area contributed by atoms with Gasteiger partial charge in [-0.3, -0.25) is 0 Å². The zero-order chi connectivity index (χ0) is 13.4. The van der Waals surface area contributed by atoms with Crippen molar-refractivity contribution in [3.63, 3.8) is 0 Å².